The fourth-order valence-corrected chi connectivity index (χ4v) is 3.00. The normalized spacial score (nSPS) is 15.8. The topological polar surface area (TPSA) is 62.7 Å². The lowest BCUT2D eigenvalue weighted by Gasteiger charge is -2.37. The standard InChI is InChI=1S/C18H26BrN3O3/c1-18(2,3)25-17(24)21(4)15-7-9-22(10-8-15)16(23)11-14-6-5-13(19)12-20-14/h5-6,12,15H,7-11H2,1-4H3. The predicted octanol–water partition coefficient (Wildman–Crippen LogP) is 3.24. The molecule has 2 heterocycles. The quantitative estimate of drug-likeness (QED) is 0.765. The van der Waals surface area contributed by atoms with Gasteiger partial charge in [-0.05, 0) is 61.7 Å². The number of amides is 2. The summed E-state index contributed by atoms with van der Waals surface area (Å²) >= 11 is 3.34. The number of halogens is 1. The third kappa shape index (κ3) is 5.99. The van der Waals surface area contributed by atoms with Crippen molar-refractivity contribution in [1.82, 2.24) is 14.8 Å². The first-order valence-corrected chi connectivity index (χ1v) is 9.29. The first-order chi connectivity index (χ1) is 11.7. The fourth-order valence-electron chi connectivity index (χ4n) is 2.76. The molecule has 0 aromatic carbocycles. The Kier molecular flexibility index (Phi) is 6.43. The van der Waals surface area contributed by atoms with Crippen LogP contribution in [0.15, 0.2) is 22.8 Å². The van der Waals surface area contributed by atoms with Crippen molar-refractivity contribution in [3.05, 3.63) is 28.5 Å². The third-order valence-electron chi connectivity index (χ3n) is 4.17. The zero-order valence-corrected chi connectivity index (χ0v) is 16.9. The number of aromatic nitrogens is 1. The van der Waals surface area contributed by atoms with Crippen LogP contribution in [-0.4, -0.2) is 58.6 Å². The minimum absolute atomic E-state index is 0.0770. The van der Waals surface area contributed by atoms with Gasteiger partial charge in [-0.3, -0.25) is 9.78 Å². The molecule has 1 fully saturated rings. The fraction of sp³-hybridized carbons (Fsp3) is 0.611. The van der Waals surface area contributed by atoms with Gasteiger partial charge < -0.3 is 14.5 Å². The highest BCUT2D eigenvalue weighted by Crippen LogP contribution is 2.19. The van der Waals surface area contributed by atoms with Crippen molar-refractivity contribution in [2.45, 2.75) is 51.7 Å². The molecule has 2 amide bonds. The first kappa shape index (κ1) is 19.7. The summed E-state index contributed by atoms with van der Waals surface area (Å²) in [6, 6.07) is 3.84. The molecule has 1 aromatic rings. The summed E-state index contributed by atoms with van der Waals surface area (Å²) in [4.78, 5) is 32.3. The van der Waals surface area contributed by atoms with Gasteiger partial charge in [0.1, 0.15) is 5.60 Å². The van der Waals surface area contributed by atoms with E-state index in [1.165, 1.54) is 0 Å². The number of ether oxygens (including phenoxy) is 1. The lowest BCUT2D eigenvalue weighted by Crippen LogP contribution is -2.48. The molecule has 0 bridgehead atoms. The number of carbonyl (C=O) groups is 2. The highest BCUT2D eigenvalue weighted by molar-refractivity contribution is 9.10. The van der Waals surface area contributed by atoms with Gasteiger partial charge in [0, 0.05) is 42.5 Å². The van der Waals surface area contributed by atoms with Crippen molar-refractivity contribution in [1.29, 1.82) is 0 Å². The zero-order valence-electron chi connectivity index (χ0n) is 15.3. The van der Waals surface area contributed by atoms with Gasteiger partial charge in [0.25, 0.3) is 0 Å². The molecule has 0 radical (unpaired) electrons. The van der Waals surface area contributed by atoms with Crippen molar-refractivity contribution < 1.29 is 14.3 Å². The largest absolute Gasteiger partial charge is 0.444 e. The van der Waals surface area contributed by atoms with E-state index in [-0.39, 0.29) is 18.0 Å². The molecule has 0 N–H and O–H groups in total. The summed E-state index contributed by atoms with van der Waals surface area (Å²) in [5, 5.41) is 0. The highest BCUT2D eigenvalue weighted by Gasteiger charge is 2.29. The SMILES string of the molecule is CN(C(=O)OC(C)(C)C)C1CCN(C(=O)Cc2ccc(Br)cn2)CC1. The van der Waals surface area contributed by atoms with Crippen LogP contribution in [0.1, 0.15) is 39.3 Å². The summed E-state index contributed by atoms with van der Waals surface area (Å²) in [6.07, 6.45) is 3.21. The molecule has 0 unspecified atom stereocenters. The second kappa shape index (κ2) is 8.17. The number of hydrogen-bond donors (Lipinski definition) is 0. The van der Waals surface area contributed by atoms with Gasteiger partial charge in [0.15, 0.2) is 0 Å². The Bertz CT molecular complexity index is 605. The molecule has 0 aliphatic carbocycles. The molecular formula is C18H26BrN3O3. The summed E-state index contributed by atoms with van der Waals surface area (Å²) < 4.78 is 6.31. The molecule has 1 aromatic heterocycles. The second-order valence-corrected chi connectivity index (χ2v) is 8.26. The number of hydrogen-bond acceptors (Lipinski definition) is 4. The summed E-state index contributed by atoms with van der Waals surface area (Å²) in [6.45, 7) is 6.86. The average Bonchev–Trinajstić information content (AvgIpc) is 2.55. The van der Waals surface area contributed by atoms with Gasteiger partial charge in [-0.1, -0.05) is 0 Å². The van der Waals surface area contributed by atoms with Crippen LogP contribution in [0.2, 0.25) is 0 Å². The van der Waals surface area contributed by atoms with E-state index in [2.05, 4.69) is 20.9 Å². The van der Waals surface area contributed by atoms with Crippen molar-refractivity contribution in [3.8, 4) is 0 Å². The molecule has 25 heavy (non-hydrogen) atoms. The van der Waals surface area contributed by atoms with E-state index in [4.69, 9.17) is 4.74 Å². The predicted molar refractivity (Wildman–Crippen MR) is 99.2 cm³/mol. The molecule has 0 saturated carbocycles. The van der Waals surface area contributed by atoms with E-state index in [9.17, 15) is 9.59 Å². The monoisotopic (exact) mass is 411 g/mol. The van der Waals surface area contributed by atoms with E-state index in [1.807, 2.05) is 37.8 Å². The van der Waals surface area contributed by atoms with E-state index in [0.29, 0.717) is 19.5 Å². The van der Waals surface area contributed by atoms with Crippen molar-refractivity contribution in [2.24, 2.45) is 0 Å². The van der Waals surface area contributed by atoms with Gasteiger partial charge in [-0.2, -0.15) is 0 Å². The molecule has 6 nitrogen and oxygen atoms in total. The lowest BCUT2D eigenvalue weighted by molar-refractivity contribution is -0.131. The van der Waals surface area contributed by atoms with E-state index in [1.54, 1.807) is 18.1 Å². The molecule has 1 aliphatic rings. The van der Waals surface area contributed by atoms with Crippen molar-refractivity contribution in [2.75, 3.05) is 20.1 Å². The Labute approximate surface area is 157 Å². The Morgan fingerprint density at radius 3 is 2.48 bits per heavy atom. The van der Waals surface area contributed by atoms with Gasteiger partial charge in [0.05, 0.1) is 6.42 Å². The van der Waals surface area contributed by atoms with E-state index < -0.39 is 5.60 Å². The zero-order chi connectivity index (χ0) is 18.6. The Morgan fingerprint density at radius 2 is 1.96 bits per heavy atom. The first-order valence-electron chi connectivity index (χ1n) is 8.50. The summed E-state index contributed by atoms with van der Waals surface area (Å²) in [5.41, 5.74) is 0.265. The van der Waals surface area contributed by atoms with Gasteiger partial charge >= 0.3 is 6.09 Å². The van der Waals surface area contributed by atoms with Crippen molar-refractivity contribution in [3.63, 3.8) is 0 Å². The van der Waals surface area contributed by atoms with Crippen LogP contribution in [0.4, 0.5) is 4.79 Å². The number of likely N-dealkylation sites (tertiary alicyclic amines) is 1. The molecule has 0 spiro atoms. The molecule has 1 aliphatic heterocycles. The summed E-state index contributed by atoms with van der Waals surface area (Å²) in [5.74, 6) is 0.0770. The highest BCUT2D eigenvalue weighted by atomic mass is 79.9. The molecule has 7 heteroatoms. The van der Waals surface area contributed by atoms with Crippen LogP contribution in [0, 0.1) is 0 Å². The minimum Gasteiger partial charge on any atom is -0.444 e. The molecule has 1 saturated heterocycles. The Morgan fingerprint density at radius 1 is 1.32 bits per heavy atom. The smallest absolute Gasteiger partial charge is 0.410 e. The van der Waals surface area contributed by atoms with Crippen molar-refractivity contribution >= 4 is 27.9 Å². The van der Waals surface area contributed by atoms with E-state index in [0.717, 1.165) is 23.0 Å². The Balaban J connectivity index is 1.83. The summed E-state index contributed by atoms with van der Waals surface area (Å²) in [7, 11) is 1.77. The van der Waals surface area contributed by atoms with Gasteiger partial charge in [-0.15, -0.1) is 0 Å². The number of nitrogens with zero attached hydrogens (tertiary/aromatic N) is 3. The number of rotatable bonds is 3. The van der Waals surface area contributed by atoms with Crippen LogP contribution in [-0.2, 0) is 16.0 Å². The molecule has 2 rings (SSSR count). The minimum atomic E-state index is -0.500. The second-order valence-electron chi connectivity index (χ2n) is 7.35. The van der Waals surface area contributed by atoms with Crippen LogP contribution in [0.5, 0.6) is 0 Å². The third-order valence-corrected chi connectivity index (χ3v) is 4.64. The van der Waals surface area contributed by atoms with Gasteiger partial charge in [0.2, 0.25) is 5.91 Å². The Hall–Kier alpha value is -1.63. The maximum Gasteiger partial charge on any atom is 0.410 e. The number of piperidine rings is 1. The maximum absolute atomic E-state index is 12.4. The van der Waals surface area contributed by atoms with Crippen LogP contribution < -0.4 is 0 Å². The van der Waals surface area contributed by atoms with Crippen LogP contribution >= 0.6 is 15.9 Å². The maximum atomic E-state index is 12.4. The number of pyridine rings is 1. The van der Waals surface area contributed by atoms with Crippen LogP contribution in [0.3, 0.4) is 0 Å². The van der Waals surface area contributed by atoms with Crippen LogP contribution in [0.25, 0.3) is 0 Å². The molecule has 138 valence electrons. The number of carbonyl (C=O) groups excluding carboxylic acids is 2. The van der Waals surface area contributed by atoms with Gasteiger partial charge in [-0.25, -0.2) is 4.79 Å². The lowest BCUT2D eigenvalue weighted by atomic mass is 10.0. The molecular weight excluding hydrogens is 386 g/mol. The van der Waals surface area contributed by atoms with E-state index >= 15 is 0 Å². The molecule has 0 atom stereocenters. The average molecular weight is 412 g/mol.